The fraction of sp³-hybridized carbons (Fsp3) is 0.846. The molecule has 0 rings (SSSR count). The lowest BCUT2D eigenvalue weighted by Crippen LogP contribution is -2.45. The van der Waals surface area contributed by atoms with Crippen molar-refractivity contribution in [3.63, 3.8) is 0 Å². The van der Waals surface area contributed by atoms with Crippen molar-refractivity contribution >= 4 is 11.9 Å². The highest BCUT2D eigenvalue weighted by Crippen LogP contribution is 2.17. The number of allylic oxidation sites excluding steroid dienone is 7. The molecule has 0 aromatic rings. The van der Waals surface area contributed by atoms with E-state index in [1.54, 1.807) is 6.08 Å². The Kier molecular flexibility index (Phi) is 58.5. The quantitative estimate of drug-likeness (QED) is 0.0321. The Labute approximate surface area is 442 Å². The van der Waals surface area contributed by atoms with E-state index in [-0.39, 0.29) is 18.5 Å². The highest BCUT2D eigenvalue weighted by molar-refractivity contribution is 5.76. The van der Waals surface area contributed by atoms with Gasteiger partial charge in [-0.05, 0) is 89.9 Å². The molecule has 6 heteroatoms. The summed E-state index contributed by atoms with van der Waals surface area (Å²) in [5.41, 5.74) is 0. The number of carbonyl (C=O) groups excluding carboxylic acids is 2. The van der Waals surface area contributed by atoms with Gasteiger partial charge in [0.2, 0.25) is 5.91 Å². The van der Waals surface area contributed by atoms with Gasteiger partial charge in [0.15, 0.2) is 0 Å². The predicted octanol–water partition coefficient (Wildman–Crippen LogP) is 19.7. The molecule has 0 spiro atoms. The Morgan fingerprint density at radius 3 is 1.11 bits per heavy atom. The van der Waals surface area contributed by atoms with Crippen LogP contribution in [-0.4, -0.2) is 47.4 Å². The number of aliphatic hydroxyl groups excluding tert-OH is 2. The first-order valence-electron chi connectivity index (χ1n) is 31.4. The summed E-state index contributed by atoms with van der Waals surface area (Å²) in [6.07, 6.45) is 77.2. The van der Waals surface area contributed by atoms with Gasteiger partial charge in [0, 0.05) is 12.8 Å². The topological polar surface area (TPSA) is 95.9 Å². The van der Waals surface area contributed by atoms with Crippen LogP contribution in [0.2, 0.25) is 0 Å². The number of hydrogen-bond acceptors (Lipinski definition) is 5. The molecule has 2 atom stereocenters. The molecule has 71 heavy (non-hydrogen) atoms. The highest BCUT2D eigenvalue weighted by atomic mass is 16.5. The zero-order chi connectivity index (χ0) is 51.4. The molecule has 0 radical (unpaired) electrons. The number of carbonyl (C=O) groups is 2. The molecular weight excluding hydrogens is 875 g/mol. The lowest BCUT2D eigenvalue weighted by Gasteiger charge is -2.20. The number of hydrogen-bond donors (Lipinski definition) is 3. The van der Waals surface area contributed by atoms with Gasteiger partial charge in [-0.2, -0.15) is 0 Å². The second kappa shape index (κ2) is 60.4. The number of ether oxygens (including phenoxy) is 1. The first-order chi connectivity index (χ1) is 35.0. The zero-order valence-electron chi connectivity index (χ0n) is 47.5. The molecule has 2 unspecified atom stereocenters. The highest BCUT2D eigenvalue weighted by Gasteiger charge is 2.18. The molecule has 0 heterocycles. The van der Waals surface area contributed by atoms with Crippen LogP contribution in [0.1, 0.15) is 328 Å². The summed E-state index contributed by atoms with van der Waals surface area (Å²) < 4.78 is 5.47. The summed E-state index contributed by atoms with van der Waals surface area (Å²) in [7, 11) is 0. The number of nitrogens with one attached hydrogen (secondary N) is 1. The van der Waals surface area contributed by atoms with E-state index in [0.29, 0.717) is 19.4 Å². The van der Waals surface area contributed by atoms with Crippen LogP contribution in [-0.2, 0) is 14.3 Å². The average molecular weight is 997 g/mol. The van der Waals surface area contributed by atoms with E-state index < -0.39 is 12.1 Å². The van der Waals surface area contributed by atoms with Gasteiger partial charge in [0.1, 0.15) is 0 Å². The third-order valence-corrected chi connectivity index (χ3v) is 14.3. The number of aliphatic hydroxyl groups is 2. The van der Waals surface area contributed by atoms with Gasteiger partial charge in [0.05, 0.1) is 25.4 Å². The second-order valence-corrected chi connectivity index (χ2v) is 21.4. The molecule has 0 fully saturated rings. The number of esters is 1. The molecule has 3 N–H and O–H groups in total. The predicted molar refractivity (Wildman–Crippen MR) is 310 cm³/mol. The van der Waals surface area contributed by atoms with Crippen LogP contribution in [0.3, 0.4) is 0 Å². The molecule has 0 aromatic heterocycles. The molecule has 0 aromatic carbocycles. The van der Waals surface area contributed by atoms with Crippen molar-refractivity contribution < 1.29 is 24.5 Å². The van der Waals surface area contributed by atoms with E-state index >= 15 is 0 Å². The van der Waals surface area contributed by atoms with Gasteiger partial charge in [0.25, 0.3) is 0 Å². The number of rotatable bonds is 58. The Morgan fingerprint density at radius 2 is 0.704 bits per heavy atom. The molecule has 6 nitrogen and oxygen atoms in total. The summed E-state index contributed by atoms with van der Waals surface area (Å²) in [5, 5.41) is 23.2. The third kappa shape index (κ3) is 57.0. The van der Waals surface area contributed by atoms with Crippen molar-refractivity contribution in [3.8, 4) is 0 Å². The lowest BCUT2D eigenvalue weighted by molar-refractivity contribution is -0.143. The fourth-order valence-corrected chi connectivity index (χ4v) is 9.48. The normalized spacial score (nSPS) is 12.9. The molecule has 0 saturated carbocycles. The van der Waals surface area contributed by atoms with Gasteiger partial charge < -0.3 is 20.3 Å². The SMILES string of the molecule is CCCCC/C=C\C/C=C\CCCCCCCC(=O)OCCCCCCCCCCCC/C=C\CCCCCCCCCC(=O)NC(CO)C(O)/C=C/CCCCCCCCCCCCCCCCCC. The van der Waals surface area contributed by atoms with E-state index in [2.05, 4.69) is 55.6 Å². The molecular formula is C65H121NO5. The van der Waals surface area contributed by atoms with Crippen LogP contribution in [0.5, 0.6) is 0 Å². The monoisotopic (exact) mass is 996 g/mol. The zero-order valence-corrected chi connectivity index (χ0v) is 47.5. The van der Waals surface area contributed by atoms with Gasteiger partial charge >= 0.3 is 5.97 Å². The van der Waals surface area contributed by atoms with E-state index in [1.807, 2.05) is 6.08 Å². The van der Waals surface area contributed by atoms with Crippen molar-refractivity contribution in [1.82, 2.24) is 5.32 Å². The van der Waals surface area contributed by atoms with Crippen LogP contribution in [0.25, 0.3) is 0 Å². The van der Waals surface area contributed by atoms with Crippen LogP contribution >= 0.6 is 0 Å². The maximum atomic E-state index is 12.5. The summed E-state index contributed by atoms with van der Waals surface area (Å²) in [6.45, 7) is 4.88. The van der Waals surface area contributed by atoms with E-state index in [9.17, 15) is 19.8 Å². The van der Waals surface area contributed by atoms with Gasteiger partial charge in [-0.3, -0.25) is 9.59 Å². The molecule has 0 aliphatic rings. The minimum Gasteiger partial charge on any atom is -0.466 e. The molecule has 0 saturated heterocycles. The maximum absolute atomic E-state index is 12.5. The summed E-state index contributed by atoms with van der Waals surface area (Å²) in [6, 6.07) is -0.635. The van der Waals surface area contributed by atoms with E-state index in [4.69, 9.17) is 4.74 Å². The van der Waals surface area contributed by atoms with E-state index in [0.717, 1.165) is 57.8 Å². The average Bonchev–Trinajstić information content (AvgIpc) is 3.37. The van der Waals surface area contributed by atoms with Crippen molar-refractivity contribution in [1.29, 1.82) is 0 Å². The number of amides is 1. The van der Waals surface area contributed by atoms with Gasteiger partial charge in [-0.25, -0.2) is 0 Å². The summed E-state index contributed by atoms with van der Waals surface area (Å²) in [5.74, 6) is -0.0812. The molecule has 416 valence electrons. The third-order valence-electron chi connectivity index (χ3n) is 14.3. The standard InChI is InChI=1S/C65H121NO5/c1-3-5-7-9-11-13-15-17-19-20-26-30-33-37-41-45-49-53-57-63(68)62(61-67)66-64(69)58-54-50-46-42-38-34-31-27-24-22-21-23-25-28-32-36-40-44-48-52-56-60-71-65(70)59-55-51-47-43-39-35-29-18-16-14-12-10-8-6-4-2/h12,14,18,22,24,29,53,57,62-63,67-68H,3-11,13,15-17,19-21,23,25-28,30-52,54-56,58-61H2,1-2H3,(H,66,69)/b14-12-,24-22-,29-18-,57-53+. The second-order valence-electron chi connectivity index (χ2n) is 21.4. The summed E-state index contributed by atoms with van der Waals surface area (Å²) >= 11 is 0. The van der Waals surface area contributed by atoms with Gasteiger partial charge in [-0.15, -0.1) is 0 Å². The minimum atomic E-state index is -0.851. The maximum Gasteiger partial charge on any atom is 0.305 e. The Bertz CT molecular complexity index is 1190. The first kappa shape index (κ1) is 68.8. The van der Waals surface area contributed by atoms with Crippen molar-refractivity contribution in [2.75, 3.05) is 13.2 Å². The van der Waals surface area contributed by atoms with Gasteiger partial charge in [-0.1, -0.05) is 274 Å². The lowest BCUT2D eigenvalue weighted by atomic mass is 10.0. The van der Waals surface area contributed by atoms with Crippen LogP contribution in [0.15, 0.2) is 48.6 Å². The van der Waals surface area contributed by atoms with Crippen LogP contribution in [0.4, 0.5) is 0 Å². The van der Waals surface area contributed by atoms with Crippen molar-refractivity contribution in [2.24, 2.45) is 0 Å². The van der Waals surface area contributed by atoms with Crippen LogP contribution in [0, 0.1) is 0 Å². The molecule has 0 aliphatic heterocycles. The summed E-state index contributed by atoms with van der Waals surface area (Å²) in [4.78, 5) is 24.5. The smallest absolute Gasteiger partial charge is 0.305 e. The largest absolute Gasteiger partial charge is 0.466 e. The fourth-order valence-electron chi connectivity index (χ4n) is 9.48. The van der Waals surface area contributed by atoms with E-state index in [1.165, 1.54) is 244 Å². The Morgan fingerprint density at radius 1 is 0.394 bits per heavy atom. The minimum absolute atomic E-state index is 0.00662. The van der Waals surface area contributed by atoms with Crippen LogP contribution < -0.4 is 5.32 Å². The molecule has 0 aliphatic carbocycles. The number of unbranched alkanes of at least 4 members (excludes halogenated alkanes) is 41. The first-order valence-corrected chi connectivity index (χ1v) is 31.4. The van der Waals surface area contributed by atoms with Crippen molar-refractivity contribution in [3.05, 3.63) is 48.6 Å². The Balaban J connectivity index is 3.46. The van der Waals surface area contributed by atoms with Crippen molar-refractivity contribution in [2.45, 2.75) is 341 Å². The Hall–Kier alpha value is -2.18. The molecule has 0 bridgehead atoms. The molecule has 1 amide bonds.